The highest BCUT2D eigenvalue weighted by Gasteiger charge is 2.24. The second-order valence-electron chi connectivity index (χ2n) is 4.54. The van der Waals surface area contributed by atoms with Crippen LogP contribution in [0.5, 0.6) is 0 Å². The summed E-state index contributed by atoms with van der Waals surface area (Å²) in [5, 5.41) is 0. The number of carbonyl (C=O) groups is 1. The molecule has 0 amide bonds. The summed E-state index contributed by atoms with van der Waals surface area (Å²) in [5.74, 6) is 0.362. The maximum atomic E-state index is 11.0. The van der Waals surface area contributed by atoms with Crippen LogP contribution in [0.25, 0.3) is 0 Å². The average Bonchev–Trinajstić information content (AvgIpc) is 2.38. The molecular formula is C14H24O3. The van der Waals surface area contributed by atoms with Gasteiger partial charge < -0.3 is 9.47 Å². The van der Waals surface area contributed by atoms with Gasteiger partial charge in [0.2, 0.25) is 0 Å². The molecule has 0 N–H and O–H groups in total. The van der Waals surface area contributed by atoms with E-state index in [4.69, 9.17) is 9.47 Å². The summed E-state index contributed by atoms with van der Waals surface area (Å²) in [6.07, 6.45) is 8.22. The van der Waals surface area contributed by atoms with Crippen LogP contribution in [0.3, 0.4) is 0 Å². The summed E-state index contributed by atoms with van der Waals surface area (Å²) in [4.78, 5) is 11.0. The third-order valence-electron chi connectivity index (χ3n) is 3.23. The van der Waals surface area contributed by atoms with Crippen LogP contribution < -0.4 is 0 Å². The Balaban J connectivity index is 2.36. The number of allylic oxidation sites excluding steroid dienone is 1. The molecule has 1 rings (SSSR count). The van der Waals surface area contributed by atoms with Gasteiger partial charge in [-0.2, -0.15) is 0 Å². The molecule has 1 aliphatic rings. The molecule has 17 heavy (non-hydrogen) atoms. The van der Waals surface area contributed by atoms with Crippen LogP contribution in [-0.4, -0.2) is 25.6 Å². The maximum absolute atomic E-state index is 11.0. The highest BCUT2D eigenvalue weighted by atomic mass is 16.5. The van der Waals surface area contributed by atoms with Gasteiger partial charge in [-0.3, -0.25) is 4.79 Å². The number of hydrogen-bond donors (Lipinski definition) is 0. The summed E-state index contributed by atoms with van der Waals surface area (Å²) in [6.45, 7) is 5.52. The van der Waals surface area contributed by atoms with Gasteiger partial charge in [-0.25, -0.2) is 0 Å². The zero-order chi connectivity index (χ0) is 12.5. The Kier molecular flexibility index (Phi) is 6.94. The first-order chi connectivity index (χ1) is 8.31. The van der Waals surface area contributed by atoms with Crippen molar-refractivity contribution in [2.75, 3.05) is 13.2 Å². The van der Waals surface area contributed by atoms with Gasteiger partial charge in [0.15, 0.2) is 0 Å². The zero-order valence-corrected chi connectivity index (χ0v) is 11.0. The van der Waals surface area contributed by atoms with E-state index in [-0.39, 0.29) is 0 Å². The molecule has 1 saturated carbocycles. The molecular weight excluding hydrogens is 216 g/mol. The molecule has 3 heteroatoms. The second kappa shape index (κ2) is 8.29. The van der Waals surface area contributed by atoms with E-state index in [0.717, 1.165) is 50.6 Å². The molecule has 0 aromatic carbocycles. The number of hydrogen-bond acceptors (Lipinski definition) is 3. The fourth-order valence-electron chi connectivity index (χ4n) is 2.25. The van der Waals surface area contributed by atoms with E-state index in [0.29, 0.717) is 18.6 Å². The highest BCUT2D eigenvalue weighted by molar-refractivity contribution is 5.73. The van der Waals surface area contributed by atoms with Crippen molar-refractivity contribution in [3.05, 3.63) is 11.8 Å². The van der Waals surface area contributed by atoms with Gasteiger partial charge in [-0.05, 0) is 44.9 Å². The molecule has 0 radical (unpaired) electrons. The van der Waals surface area contributed by atoms with Gasteiger partial charge in [0.05, 0.1) is 19.0 Å². The van der Waals surface area contributed by atoms with Crippen molar-refractivity contribution in [2.45, 2.75) is 52.1 Å². The minimum Gasteiger partial charge on any atom is -0.501 e. The Morgan fingerprint density at radius 2 is 1.94 bits per heavy atom. The summed E-state index contributed by atoms with van der Waals surface area (Å²) >= 11 is 0. The molecule has 1 aliphatic carbocycles. The highest BCUT2D eigenvalue weighted by Crippen LogP contribution is 2.30. The van der Waals surface area contributed by atoms with Crippen LogP contribution in [0.2, 0.25) is 0 Å². The Bertz CT molecular complexity index is 240. The van der Waals surface area contributed by atoms with Crippen molar-refractivity contribution in [1.82, 2.24) is 0 Å². The van der Waals surface area contributed by atoms with Gasteiger partial charge in [0.1, 0.15) is 6.29 Å². The summed E-state index contributed by atoms with van der Waals surface area (Å²) in [6, 6.07) is 0. The number of ether oxygens (including phenoxy) is 2. The van der Waals surface area contributed by atoms with Crippen LogP contribution in [0.1, 0.15) is 46.0 Å². The van der Waals surface area contributed by atoms with E-state index in [2.05, 4.69) is 6.92 Å². The van der Waals surface area contributed by atoms with Crippen molar-refractivity contribution < 1.29 is 14.3 Å². The predicted molar refractivity (Wildman–Crippen MR) is 67.8 cm³/mol. The van der Waals surface area contributed by atoms with Gasteiger partial charge in [0, 0.05) is 12.2 Å². The molecule has 0 aromatic rings. The lowest BCUT2D eigenvalue weighted by Crippen LogP contribution is -2.23. The van der Waals surface area contributed by atoms with Gasteiger partial charge in [-0.15, -0.1) is 0 Å². The molecule has 0 bridgehead atoms. The lowest BCUT2D eigenvalue weighted by Gasteiger charge is -2.28. The van der Waals surface area contributed by atoms with E-state index in [1.165, 1.54) is 0 Å². The molecule has 0 heterocycles. The van der Waals surface area contributed by atoms with Crippen LogP contribution in [0, 0.1) is 5.92 Å². The third kappa shape index (κ3) is 4.90. The Hall–Kier alpha value is -0.830. The monoisotopic (exact) mass is 240 g/mol. The predicted octanol–water partition coefficient (Wildman–Crippen LogP) is 3.09. The molecule has 0 aromatic heterocycles. The van der Waals surface area contributed by atoms with Gasteiger partial charge in [-0.1, -0.05) is 6.92 Å². The average molecular weight is 240 g/mol. The number of aldehydes is 1. The number of rotatable bonds is 7. The quantitative estimate of drug-likeness (QED) is 0.390. The van der Waals surface area contributed by atoms with Crippen molar-refractivity contribution >= 4 is 6.29 Å². The SMILES string of the molecule is CCCO[C@H]1CC[C@H](C(C=O)=COCC)CC1. The van der Waals surface area contributed by atoms with Crippen LogP contribution >= 0.6 is 0 Å². The van der Waals surface area contributed by atoms with Gasteiger partial charge in [0.25, 0.3) is 0 Å². The standard InChI is InChI=1S/C14H24O3/c1-3-9-17-14-7-5-12(6-8-14)13(10-15)11-16-4-2/h10-12,14H,3-9H2,1-2H3/t12-,14-. The lowest BCUT2D eigenvalue weighted by atomic mass is 9.83. The Labute approximate surface area is 104 Å². The fraction of sp³-hybridized carbons (Fsp3) is 0.786. The van der Waals surface area contributed by atoms with E-state index in [9.17, 15) is 4.79 Å². The Morgan fingerprint density at radius 1 is 1.24 bits per heavy atom. The van der Waals surface area contributed by atoms with Gasteiger partial charge >= 0.3 is 0 Å². The smallest absolute Gasteiger partial charge is 0.149 e. The van der Waals surface area contributed by atoms with E-state index >= 15 is 0 Å². The normalized spacial score (nSPS) is 25.6. The minimum atomic E-state index is 0.362. The molecule has 3 nitrogen and oxygen atoms in total. The van der Waals surface area contributed by atoms with Crippen LogP contribution in [0.15, 0.2) is 11.8 Å². The molecule has 0 aliphatic heterocycles. The van der Waals surface area contributed by atoms with Crippen LogP contribution in [-0.2, 0) is 14.3 Å². The van der Waals surface area contributed by atoms with Crippen LogP contribution in [0.4, 0.5) is 0 Å². The number of carbonyl (C=O) groups excluding carboxylic acids is 1. The van der Waals surface area contributed by atoms with Crippen molar-refractivity contribution in [2.24, 2.45) is 5.92 Å². The minimum absolute atomic E-state index is 0.362. The lowest BCUT2D eigenvalue weighted by molar-refractivity contribution is -0.105. The maximum Gasteiger partial charge on any atom is 0.149 e. The molecule has 0 saturated heterocycles. The zero-order valence-electron chi connectivity index (χ0n) is 11.0. The first-order valence-corrected chi connectivity index (χ1v) is 6.70. The summed E-state index contributed by atoms with van der Waals surface area (Å²) in [7, 11) is 0. The molecule has 0 atom stereocenters. The van der Waals surface area contributed by atoms with E-state index < -0.39 is 0 Å². The van der Waals surface area contributed by atoms with Crippen molar-refractivity contribution in [3.8, 4) is 0 Å². The first kappa shape index (κ1) is 14.2. The fourth-order valence-corrected chi connectivity index (χ4v) is 2.25. The topological polar surface area (TPSA) is 35.5 Å². The summed E-state index contributed by atoms with van der Waals surface area (Å²) in [5.41, 5.74) is 0.806. The van der Waals surface area contributed by atoms with Crippen molar-refractivity contribution in [1.29, 1.82) is 0 Å². The van der Waals surface area contributed by atoms with E-state index in [1.54, 1.807) is 6.26 Å². The molecule has 1 fully saturated rings. The molecule has 0 spiro atoms. The molecule has 98 valence electrons. The first-order valence-electron chi connectivity index (χ1n) is 6.70. The largest absolute Gasteiger partial charge is 0.501 e. The summed E-state index contributed by atoms with van der Waals surface area (Å²) < 4.78 is 10.9. The second-order valence-corrected chi connectivity index (χ2v) is 4.54. The Morgan fingerprint density at radius 3 is 2.47 bits per heavy atom. The molecule has 0 unspecified atom stereocenters. The van der Waals surface area contributed by atoms with Crippen molar-refractivity contribution in [3.63, 3.8) is 0 Å². The van der Waals surface area contributed by atoms with E-state index in [1.807, 2.05) is 6.92 Å². The third-order valence-corrected chi connectivity index (χ3v) is 3.23.